The van der Waals surface area contributed by atoms with Gasteiger partial charge >= 0.3 is 6.01 Å². The molecule has 5 heteroatoms. The molecule has 0 amide bonds. The van der Waals surface area contributed by atoms with Crippen molar-refractivity contribution in [2.45, 2.75) is 0 Å². The fourth-order valence-electron chi connectivity index (χ4n) is 1.36. The van der Waals surface area contributed by atoms with Crippen LogP contribution in [0.2, 0.25) is 0 Å². The van der Waals surface area contributed by atoms with Crippen molar-refractivity contribution >= 4 is 5.57 Å². The number of nitrogens with one attached hydrogen (secondary N) is 1. The summed E-state index contributed by atoms with van der Waals surface area (Å²) in [6.07, 6.45) is 7.05. The number of hydrogen-bond acceptors (Lipinski definition) is 5. The second kappa shape index (κ2) is 4.00. The molecule has 3 N–H and O–H groups in total. The molecule has 0 saturated carbocycles. The number of nitrogens with two attached hydrogens (primary N) is 1. The molecule has 0 spiro atoms. The quantitative estimate of drug-likeness (QED) is 0.723. The van der Waals surface area contributed by atoms with E-state index in [4.69, 9.17) is 10.5 Å². The molecule has 0 aromatic carbocycles. The summed E-state index contributed by atoms with van der Waals surface area (Å²) in [6, 6.07) is 0.359. The first-order valence-electron chi connectivity index (χ1n) is 4.56. The summed E-state index contributed by atoms with van der Waals surface area (Å²) < 4.78 is 4.88. The molecule has 1 aliphatic rings. The summed E-state index contributed by atoms with van der Waals surface area (Å²) in [5, 5.41) is 3.09. The molecule has 78 valence electrons. The van der Waals surface area contributed by atoms with E-state index < -0.39 is 0 Å². The number of methoxy groups -OCH3 is 1. The lowest BCUT2D eigenvalue weighted by Crippen LogP contribution is -2.18. The van der Waals surface area contributed by atoms with Crippen molar-refractivity contribution < 1.29 is 4.74 Å². The number of allylic oxidation sites excluding steroid dienone is 1. The molecule has 1 aromatic rings. The van der Waals surface area contributed by atoms with Gasteiger partial charge in [0, 0.05) is 35.8 Å². The third kappa shape index (κ3) is 1.90. The molecule has 0 aliphatic carbocycles. The number of ether oxygens (including phenoxy) is 1. The highest BCUT2D eigenvalue weighted by molar-refractivity contribution is 5.71. The van der Waals surface area contributed by atoms with Crippen LogP contribution in [-0.4, -0.2) is 23.6 Å². The Kier molecular flexibility index (Phi) is 2.53. The molecule has 0 atom stereocenters. The lowest BCUT2D eigenvalue weighted by atomic mass is 10.1. The molecule has 15 heavy (non-hydrogen) atoms. The largest absolute Gasteiger partial charge is 0.467 e. The van der Waals surface area contributed by atoms with Crippen molar-refractivity contribution in [1.29, 1.82) is 0 Å². The Balaban J connectivity index is 2.33. The van der Waals surface area contributed by atoms with Crippen LogP contribution in [0.1, 0.15) is 5.56 Å². The van der Waals surface area contributed by atoms with E-state index in [-0.39, 0.29) is 0 Å². The standard InChI is InChI=1S/C10H12N4O/c1-15-10-13-4-7(5-14-10)8-6-12-3-2-9(8)11/h2-5,12H,6,11H2,1H3. The van der Waals surface area contributed by atoms with Gasteiger partial charge in [-0.15, -0.1) is 0 Å². The molecule has 2 rings (SSSR count). The number of nitrogens with zero attached hydrogens (tertiary/aromatic N) is 2. The fraction of sp³-hybridized carbons (Fsp3) is 0.200. The first kappa shape index (κ1) is 9.51. The van der Waals surface area contributed by atoms with E-state index in [2.05, 4.69) is 15.3 Å². The Bertz CT molecular complexity index is 408. The second-order valence-corrected chi connectivity index (χ2v) is 3.11. The minimum absolute atomic E-state index is 0.359. The fourth-order valence-corrected chi connectivity index (χ4v) is 1.36. The monoisotopic (exact) mass is 204 g/mol. The topological polar surface area (TPSA) is 73.1 Å². The Morgan fingerprint density at radius 2 is 2.13 bits per heavy atom. The van der Waals surface area contributed by atoms with Crippen molar-refractivity contribution in [3.05, 3.63) is 35.9 Å². The van der Waals surface area contributed by atoms with Crippen LogP contribution < -0.4 is 15.8 Å². The molecular formula is C10H12N4O. The van der Waals surface area contributed by atoms with Gasteiger partial charge in [-0.05, 0) is 12.3 Å². The lowest BCUT2D eigenvalue weighted by Gasteiger charge is -2.14. The van der Waals surface area contributed by atoms with E-state index in [1.165, 1.54) is 7.11 Å². The van der Waals surface area contributed by atoms with E-state index in [1.807, 2.05) is 12.3 Å². The van der Waals surface area contributed by atoms with Gasteiger partial charge < -0.3 is 15.8 Å². The molecule has 0 saturated heterocycles. The Hall–Kier alpha value is -2.04. The third-order valence-electron chi connectivity index (χ3n) is 2.17. The van der Waals surface area contributed by atoms with E-state index in [9.17, 15) is 0 Å². The minimum atomic E-state index is 0.359. The summed E-state index contributed by atoms with van der Waals surface area (Å²) in [5.74, 6) is 0. The summed E-state index contributed by atoms with van der Waals surface area (Å²) >= 11 is 0. The average molecular weight is 204 g/mol. The number of aromatic nitrogens is 2. The first-order valence-corrected chi connectivity index (χ1v) is 4.56. The normalized spacial score (nSPS) is 15.0. The van der Waals surface area contributed by atoms with Crippen LogP contribution in [0.4, 0.5) is 0 Å². The van der Waals surface area contributed by atoms with Gasteiger partial charge in [-0.1, -0.05) is 0 Å². The minimum Gasteiger partial charge on any atom is -0.467 e. The summed E-state index contributed by atoms with van der Waals surface area (Å²) in [7, 11) is 1.54. The summed E-state index contributed by atoms with van der Waals surface area (Å²) in [4.78, 5) is 8.06. The second-order valence-electron chi connectivity index (χ2n) is 3.11. The van der Waals surface area contributed by atoms with E-state index in [0.29, 0.717) is 12.6 Å². The summed E-state index contributed by atoms with van der Waals surface area (Å²) in [6.45, 7) is 0.692. The predicted octanol–water partition coefficient (Wildman–Crippen LogP) is 0.272. The maximum Gasteiger partial charge on any atom is 0.316 e. The highest BCUT2D eigenvalue weighted by Crippen LogP contribution is 2.17. The van der Waals surface area contributed by atoms with Gasteiger partial charge in [0.05, 0.1) is 7.11 Å². The molecule has 1 aromatic heterocycles. The molecule has 5 nitrogen and oxygen atoms in total. The van der Waals surface area contributed by atoms with Gasteiger partial charge in [0.1, 0.15) is 0 Å². The number of hydrogen-bond donors (Lipinski definition) is 2. The highest BCUT2D eigenvalue weighted by Gasteiger charge is 2.09. The van der Waals surface area contributed by atoms with E-state index in [1.54, 1.807) is 12.4 Å². The SMILES string of the molecule is COc1ncc(C2=C(N)C=CNC2)cn1. The van der Waals surface area contributed by atoms with Gasteiger partial charge in [0.25, 0.3) is 0 Å². The van der Waals surface area contributed by atoms with Crippen molar-refractivity contribution in [1.82, 2.24) is 15.3 Å². The van der Waals surface area contributed by atoms with Gasteiger partial charge in [-0.25, -0.2) is 9.97 Å². The van der Waals surface area contributed by atoms with Gasteiger partial charge in [-0.3, -0.25) is 0 Å². The third-order valence-corrected chi connectivity index (χ3v) is 2.17. The van der Waals surface area contributed by atoms with Crippen molar-refractivity contribution in [2.24, 2.45) is 5.73 Å². The smallest absolute Gasteiger partial charge is 0.316 e. The highest BCUT2D eigenvalue weighted by atomic mass is 16.5. The first-order chi connectivity index (χ1) is 7.31. The maximum absolute atomic E-state index is 5.85. The van der Waals surface area contributed by atoms with Crippen LogP contribution in [0, 0.1) is 0 Å². The molecule has 0 fully saturated rings. The molecule has 1 aliphatic heterocycles. The number of rotatable bonds is 2. The van der Waals surface area contributed by atoms with E-state index >= 15 is 0 Å². The zero-order valence-electron chi connectivity index (χ0n) is 8.40. The Labute approximate surface area is 87.7 Å². The maximum atomic E-state index is 5.85. The average Bonchev–Trinajstić information content (AvgIpc) is 2.30. The molecule has 2 heterocycles. The van der Waals surface area contributed by atoms with Crippen LogP contribution in [0.3, 0.4) is 0 Å². The predicted molar refractivity (Wildman–Crippen MR) is 56.8 cm³/mol. The van der Waals surface area contributed by atoms with Crippen molar-refractivity contribution in [3.8, 4) is 6.01 Å². The van der Waals surface area contributed by atoms with Crippen molar-refractivity contribution in [2.75, 3.05) is 13.7 Å². The lowest BCUT2D eigenvalue weighted by molar-refractivity contribution is 0.379. The Morgan fingerprint density at radius 3 is 2.73 bits per heavy atom. The summed E-state index contributed by atoms with van der Waals surface area (Å²) in [5.41, 5.74) is 8.49. The zero-order chi connectivity index (χ0) is 10.7. The van der Waals surface area contributed by atoms with Gasteiger partial charge in [0.2, 0.25) is 0 Å². The molecule has 0 bridgehead atoms. The number of dihydropyridines is 1. The molecule has 0 radical (unpaired) electrons. The Morgan fingerprint density at radius 1 is 1.40 bits per heavy atom. The van der Waals surface area contributed by atoms with E-state index in [0.717, 1.165) is 16.8 Å². The molecule has 0 unspecified atom stereocenters. The van der Waals surface area contributed by atoms with Crippen LogP contribution in [0.25, 0.3) is 5.57 Å². The van der Waals surface area contributed by atoms with Crippen LogP contribution in [-0.2, 0) is 0 Å². The molecular weight excluding hydrogens is 192 g/mol. The van der Waals surface area contributed by atoms with Crippen LogP contribution in [0.15, 0.2) is 30.4 Å². The zero-order valence-corrected chi connectivity index (χ0v) is 8.40. The van der Waals surface area contributed by atoms with Crippen LogP contribution >= 0.6 is 0 Å². The van der Waals surface area contributed by atoms with Crippen LogP contribution in [0.5, 0.6) is 6.01 Å². The van der Waals surface area contributed by atoms with Gasteiger partial charge in [0.15, 0.2) is 0 Å². The van der Waals surface area contributed by atoms with Gasteiger partial charge in [-0.2, -0.15) is 0 Å². The van der Waals surface area contributed by atoms with Crippen molar-refractivity contribution in [3.63, 3.8) is 0 Å².